The summed E-state index contributed by atoms with van der Waals surface area (Å²) < 4.78 is 0. The van der Waals surface area contributed by atoms with Gasteiger partial charge in [-0.15, -0.1) is 5.73 Å². The lowest BCUT2D eigenvalue weighted by Crippen LogP contribution is -1.75. The van der Waals surface area contributed by atoms with Gasteiger partial charge in [-0.3, -0.25) is 0 Å². The van der Waals surface area contributed by atoms with Crippen LogP contribution in [-0.2, 0) is 0 Å². The van der Waals surface area contributed by atoms with Gasteiger partial charge in [-0.1, -0.05) is 18.7 Å². The van der Waals surface area contributed by atoms with Gasteiger partial charge in [-0.25, -0.2) is 0 Å². The molecular formula is C10H14. The average molecular weight is 134 g/mol. The van der Waals surface area contributed by atoms with Crippen LogP contribution in [-0.4, -0.2) is 0 Å². The molecule has 0 heteroatoms. The topological polar surface area (TPSA) is 0 Å². The van der Waals surface area contributed by atoms with Crippen molar-refractivity contribution in [2.24, 2.45) is 0 Å². The second kappa shape index (κ2) is 4.84. The molecule has 0 atom stereocenters. The molecule has 0 nitrogen and oxygen atoms in total. The molecule has 0 aliphatic carbocycles. The molecule has 0 spiro atoms. The summed E-state index contributed by atoms with van der Waals surface area (Å²) in [5, 5.41) is 0. The predicted molar refractivity (Wildman–Crippen MR) is 46.9 cm³/mol. The molecule has 0 heterocycles. The van der Waals surface area contributed by atoms with Gasteiger partial charge in [0.15, 0.2) is 0 Å². The monoisotopic (exact) mass is 134 g/mol. The molecule has 0 aliphatic rings. The Morgan fingerprint density at radius 2 is 2.00 bits per heavy atom. The average Bonchev–Trinajstić information content (AvgIpc) is 1.91. The van der Waals surface area contributed by atoms with Crippen LogP contribution >= 0.6 is 0 Å². The standard InChI is InChI=1S/C10H14/c1-5-8-9(4)10(6-2)7-3/h5-7H,2H2,1,3-4H3. The molecule has 0 aliphatic heterocycles. The highest BCUT2D eigenvalue weighted by molar-refractivity contribution is 5.36. The number of hydrogen-bond donors (Lipinski definition) is 0. The SMILES string of the molecule is C=CC(=CC)C(C)=C=CC. The Bertz CT molecular complexity index is 198. The lowest BCUT2D eigenvalue weighted by Gasteiger charge is -1.94. The zero-order chi connectivity index (χ0) is 7.98. The molecule has 0 aromatic rings. The molecule has 10 heavy (non-hydrogen) atoms. The third-order valence-corrected chi connectivity index (χ3v) is 1.32. The van der Waals surface area contributed by atoms with Crippen LogP contribution in [0, 0.1) is 0 Å². The fourth-order valence-corrected chi connectivity index (χ4v) is 0.787. The van der Waals surface area contributed by atoms with Gasteiger partial charge in [0.1, 0.15) is 0 Å². The van der Waals surface area contributed by atoms with Gasteiger partial charge in [0, 0.05) is 0 Å². The maximum Gasteiger partial charge on any atom is -0.00260 e. The van der Waals surface area contributed by atoms with Crippen molar-refractivity contribution in [3.63, 3.8) is 0 Å². The van der Waals surface area contributed by atoms with E-state index in [1.165, 1.54) is 0 Å². The highest BCUT2D eigenvalue weighted by atomic mass is 13.9. The van der Waals surface area contributed by atoms with Crippen LogP contribution in [0.3, 0.4) is 0 Å². The molecule has 0 N–H and O–H groups in total. The largest absolute Gasteiger partial charge is 0.122 e. The molecule has 0 amide bonds. The Labute approximate surface area is 63.3 Å². The van der Waals surface area contributed by atoms with E-state index in [0.717, 1.165) is 11.1 Å². The smallest absolute Gasteiger partial charge is 0.00260 e. The van der Waals surface area contributed by atoms with Crippen molar-refractivity contribution in [1.29, 1.82) is 0 Å². The minimum Gasteiger partial charge on any atom is -0.122 e. The van der Waals surface area contributed by atoms with E-state index >= 15 is 0 Å². The Balaban J connectivity index is 4.64. The summed E-state index contributed by atoms with van der Waals surface area (Å²) >= 11 is 0. The van der Waals surface area contributed by atoms with E-state index in [0.29, 0.717) is 0 Å². The Kier molecular flexibility index (Phi) is 4.36. The van der Waals surface area contributed by atoms with Gasteiger partial charge in [0.05, 0.1) is 0 Å². The predicted octanol–water partition coefficient (Wildman–Crippen LogP) is 3.24. The van der Waals surface area contributed by atoms with E-state index in [4.69, 9.17) is 0 Å². The van der Waals surface area contributed by atoms with Crippen molar-refractivity contribution in [2.75, 3.05) is 0 Å². The Hall–Kier alpha value is -1.00. The number of hydrogen-bond acceptors (Lipinski definition) is 0. The van der Waals surface area contributed by atoms with Crippen molar-refractivity contribution in [1.82, 2.24) is 0 Å². The highest BCUT2D eigenvalue weighted by Crippen LogP contribution is 2.07. The van der Waals surface area contributed by atoms with Crippen LogP contribution in [0.4, 0.5) is 0 Å². The molecule has 0 bridgehead atoms. The van der Waals surface area contributed by atoms with Crippen molar-refractivity contribution >= 4 is 0 Å². The fourth-order valence-electron chi connectivity index (χ4n) is 0.787. The minimum atomic E-state index is 1.14. The lowest BCUT2D eigenvalue weighted by atomic mass is 10.1. The molecule has 54 valence electrons. The summed E-state index contributed by atoms with van der Waals surface area (Å²) in [6, 6.07) is 0. The van der Waals surface area contributed by atoms with Gasteiger partial charge >= 0.3 is 0 Å². The second-order valence-electron chi connectivity index (χ2n) is 2.01. The van der Waals surface area contributed by atoms with Crippen molar-refractivity contribution in [3.05, 3.63) is 41.7 Å². The molecule has 0 unspecified atom stereocenters. The first-order valence-electron chi connectivity index (χ1n) is 3.43. The first-order chi connectivity index (χ1) is 4.76. The lowest BCUT2D eigenvalue weighted by molar-refractivity contribution is 1.42. The third kappa shape index (κ3) is 2.52. The highest BCUT2D eigenvalue weighted by Gasteiger charge is 1.88. The van der Waals surface area contributed by atoms with Crippen LogP contribution in [0.2, 0.25) is 0 Å². The van der Waals surface area contributed by atoms with E-state index in [-0.39, 0.29) is 0 Å². The first kappa shape index (κ1) is 9.00. The fraction of sp³-hybridized carbons (Fsp3) is 0.300. The summed E-state index contributed by atoms with van der Waals surface area (Å²) in [5.41, 5.74) is 5.39. The van der Waals surface area contributed by atoms with Crippen molar-refractivity contribution < 1.29 is 0 Å². The van der Waals surface area contributed by atoms with Gasteiger partial charge in [0.2, 0.25) is 0 Å². The van der Waals surface area contributed by atoms with E-state index in [1.807, 2.05) is 39.0 Å². The maximum absolute atomic E-state index is 3.69. The van der Waals surface area contributed by atoms with Gasteiger partial charge in [-0.05, 0) is 38.0 Å². The van der Waals surface area contributed by atoms with E-state index in [9.17, 15) is 0 Å². The molecule has 0 saturated carbocycles. The van der Waals surface area contributed by atoms with E-state index < -0.39 is 0 Å². The number of allylic oxidation sites excluding steroid dienone is 4. The molecule has 0 fully saturated rings. The van der Waals surface area contributed by atoms with Crippen molar-refractivity contribution in [3.8, 4) is 0 Å². The van der Waals surface area contributed by atoms with Crippen molar-refractivity contribution in [2.45, 2.75) is 20.8 Å². The zero-order valence-electron chi connectivity index (χ0n) is 6.94. The van der Waals surface area contributed by atoms with E-state index in [2.05, 4.69) is 12.3 Å². The van der Waals surface area contributed by atoms with Crippen LogP contribution in [0.1, 0.15) is 20.8 Å². The summed E-state index contributed by atoms with van der Waals surface area (Å²) in [6.45, 7) is 9.67. The number of rotatable bonds is 2. The maximum atomic E-state index is 3.69. The Morgan fingerprint density at radius 3 is 2.30 bits per heavy atom. The van der Waals surface area contributed by atoms with Crippen LogP contribution in [0.25, 0.3) is 0 Å². The second-order valence-corrected chi connectivity index (χ2v) is 2.01. The zero-order valence-corrected chi connectivity index (χ0v) is 6.94. The molecule has 0 aromatic carbocycles. The summed E-state index contributed by atoms with van der Waals surface area (Å²) in [7, 11) is 0. The van der Waals surface area contributed by atoms with Gasteiger partial charge in [0.25, 0.3) is 0 Å². The minimum absolute atomic E-state index is 1.14. The molecule has 0 radical (unpaired) electrons. The van der Waals surface area contributed by atoms with Gasteiger partial charge in [-0.2, -0.15) is 0 Å². The van der Waals surface area contributed by atoms with Crippen LogP contribution < -0.4 is 0 Å². The van der Waals surface area contributed by atoms with Crippen LogP contribution in [0.15, 0.2) is 41.7 Å². The van der Waals surface area contributed by atoms with Crippen LogP contribution in [0.5, 0.6) is 0 Å². The van der Waals surface area contributed by atoms with Gasteiger partial charge < -0.3 is 0 Å². The third-order valence-electron chi connectivity index (χ3n) is 1.32. The molecular weight excluding hydrogens is 120 g/mol. The first-order valence-corrected chi connectivity index (χ1v) is 3.43. The van der Waals surface area contributed by atoms with E-state index in [1.54, 1.807) is 0 Å². The molecule has 0 aromatic heterocycles. The molecule has 0 rings (SSSR count). The normalized spacial score (nSPS) is 10.1. The summed E-state index contributed by atoms with van der Waals surface area (Å²) in [5.74, 6) is 0. The summed E-state index contributed by atoms with van der Waals surface area (Å²) in [6.07, 6.45) is 5.77. The Morgan fingerprint density at radius 1 is 1.40 bits per heavy atom. The summed E-state index contributed by atoms with van der Waals surface area (Å²) in [4.78, 5) is 0. The quantitative estimate of drug-likeness (QED) is 0.401. The molecule has 0 saturated heterocycles.